The molecule has 2 rings (SSSR count). The molecule has 0 atom stereocenters. The maximum Gasteiger partial charge on any atom is 0.350 e. The summed E-state index contributed by atoms with van der Waals surface area (Å²) in [6.07, 6.45) is 1.30. The number of aromatic amines is 1. The zero-order valence-electron chi connectivity index (χ0n) is 12.8. The summed E-state index contributed by atoms with van der Waals surface area (Å²) in [6, 6.07) is 1.13. The Kier molecular flexibility index (Phi) is 5.12. The highest BCUT2D eigenvalue weighted by atomic mass is 32.1. The standard InChI is InChI=1S/C14H15N3O5S/c1-4-22-13(20)11-7(2)16-14(23-11)17-12(19)8-5-9(18)10(21-3)6-15-8/h5-6H,4H2,1-3H3,(H,15,18)(H,16,17,19). The van der Waals surface area contributed by atoms with E-state index in [2.05, 4.69) is 15.3 Å². The van der Waals surface area contributed by atoms with Crippen molar-refractivity contribution in [2.24, 2.45) is 0 Å². The molecule has 0 aliphatic carbocycles. The molecule has 0 saturated heterocycles. The fraction of sp³-hybridized carbons (Fsp3) is 0.286. The van der Waals surface area contributed by atoms with Gasteiger partial charge < -0.3 is 14.5 Å². The molecule has 0 bridgehead atoms. The van der Waals surface area contributed by atoms with Crippen molar-refractivity contribution < 1.29 is 19.1 Å². The van der Waals surface area contributed by atoms with Crippen LogP contribution in [0, 0.1) is 6.92 Å². The number of nitrogens with one attached hydrogen (secondary N) is 2. The number of pyridine rings is 1. The van der Waals surface area contributed by atoms with Crippen molar-refractivity contribution in [2.45, 2.75) is 13.8 Å². The number of ether oxygens (including phenoxy) is 2. The molecule has 2 aromatic heterocycles. The Hall–Kier alpha value is -2.68. The molecule has 2 aromatic rings. The Morgan fingerprint density at radius 2 is 2.17 bits per heavy atom. The third kappa shape index (κ3) is 3.75. The lowest BCUT2D eigenvalue weighted by atomic mass is 10.3. The third-order valence-electron chi connectivity index (χ3n) is 2.82. The summed E-state index contributed by atoms with van der Waals surface area (Å²) in [6.45, 7) is 3.61. The molecule has 8 nitrogen and oxygen atoms in total. The van der Waals surface area contributed by atoms with Crippen LogP contribution in [0.4, 0.5) is 5.13 Å². The first-order valence-electron chi connectivity index (χ1n) is 6.68. The van der Waals surface area contributed by atoms with Gasteiger partial charge in [0.05, 0.1) is 19.4 Å². The van der Waals surface area contributed by atoms with Crippen LogP contribution in [0.15, 0.2) is 17.1 Å². The molecule has 0 aromatic carbocycles. The number of carbonyl (C=O) groups is 2. The number of amides is 1. The normalized spacial score (nSPS) is 10.2. The maximum atomic E-state index is 12.1. The second-order valence-corrected chi connectivity index (χ2v) is 5.39. The van der Waals surface area contributed by atoms with Gasteiger partial charge in [-0.3, -0.25) is 14.9 Å². The third-order valence-corrected chi connectivity index (χ3v) is 3.87. The molecular weight excluding hydrogens is 322 g/mol. The lowest BCUT2D eigenvalue weighted by molar-refractivity contribution is 0.0531. The molecule has 2 N–H and O–H groups in total. The number of methoxy groups -OCH3 is 1. The van der Waals surface area contributed by atoms with Gasteiger partial charge in [-0.05, 0) is 13.8 Å². The molecule has 122 valence electrons. The summed E-state index contributed by atoms with van der Waals surface area (Å²) in [7, 11) is 1.36. The van der Waals surface area contributed by atoms with Crippen LogP contribution in [-0.2, 0) is 4.74 Å². The summed E-state index contributed by atoms with van der Waals surface area (Å²) >= 11 is 1.01. The maximum absolute atomic E-state index is 12.1. The predicted octanol–water partition coefficient (Wildman–Crippen LogP) is 1.58. The second-order valence-electron chi connectivity index (χ2n) is 4.39. The Labute approximate surface area is 135 Å². The molecule has 0 unspecified atom stereocenters. The minimum Gasteiger partial charge on any atom is -0.491 e. The van der Waals surface area contributed by atoms with Gasteiger partial charge in [0.25, 0.3) is 5.91 Å². The van der Waals surface area contributed by atoms with Crippen molar-refractivity contribution in [2.75, 3.05) is 19.0 Å². The first-order valence-corrected chi connectivity index (χ1v) is 7.50. The number of H-pyrrole nitrogens is 1. The van der Waals surface area contributed by atoms with Crippen molar-refractivity contribution in [1.82, 2.24) is 9.97 Å². The molecule has 0 fully saturated rings. The SMILES string of the molecule is CCOC(=O)c1sc(NC(=O)c2cc(=O)c(OC)c[nH]2)nc1C. The first kappa shape index (κ1) is 16.7. The topological polar surface area (TPSA) is 110 Å². The highest BCUT2D eigenvalue weighted by Crippen LogP contribution is 2.23. The van der Waals surface area contributed by atoms with Gasteiger partial charge in [0.15, 0.2) is 10.9 Å². The molecule has 0 radical (unpaired) electrons. The molecule has 23 heavy (non-hydrogen) atoms. The highest BCUT2D eigenvalue weighted by molar-refractivity contribution is 7.17. The number of thiazole rings is 1. The molecule has 2 heterocycles. The number of aromatic nitrogens is 2. The second kappa shape index (κ2) is 7.05. The van der Waals surface area contributed by atoms with E-state index in [0.717, 1.165) is 17.4 Å². The minimum atomic E-state index is -0.547. The summed E-state index contributed by atoms with van der Waals surface area (Å²) in [4.78, 5) is 42.6. The van der Waals surface area contributed by atoms with Crippen molar-refractivity contribution >= 4 is 28.3 Å². The fourth-order valence-corrected chi connectivity index (χ4v) is 2.60. The van der Waals surface area contributed by atoms with Crippen LogP contribution in [0.1, 0.15) is 32.8 Å². The van der Waals surface area contributed by atoms with Gasteiger partial charge in [0, 0.05) is 12.3 Å². The summed E-state index contributed by atoms with van der Waals surface area (Å²) in [5, 5.41) is 2.77. The largest absolute Gasteiger partial charge is 0.491 e. The van der Waals surface area contributed by atoms with E-state index in [9.17, 15) is 14.4 Å². The van der Waals surface area contributed by atoms with Crippen LogP contribution < -0.4 is 15.5 Å². The van der Waals surface area contributed by atoms with E-state index >= 15 is 0 Å². The van der Waals surface area contributed by atoms with Gasteiger partial charge in [-0.25, -0.2) is 9.78 Å². The van der Waals surface area contributed by atoms with Crippen molar-refractivity contribution in [3.05, 3.63) is 38.8 Å². The van der Waals surface area contributed by atoms with Crippen LogP contribution in [0.3, 0.4) is 0 Å². The van der Waals surface area contributed by atoms with E-state index in [0.29, 0.717) is 10.6 Å². The lowest BCUT2D eigenvalue weighted by Crippen LogP contribution is -2.17. The zero-order valence-corrected chi connectivity index (χ0v) is 13.6. The van der Waals surface area contributed by atoms with Crippen molar-refractivity contribution in [3.63, 3.8) is 0 Å². The van der Waals surface area contributed by atoms with E-state index in [1.165, 1.54) is 13.3 Å². The Balaban J connectivity index is 2.17. The van der Waals surface area contributed by atoms with Crippen LogP contribution >= 0.6 is 11.3 Å². The fourth-order valence-electron chi connectivity index (χ4n) is 1.75. The number of esters is 1. The molecular formula is C14H15N3O5S. The average molecular weight is 337 g/mol. The summed E-state index contributed by atoms with van der Waals surface area (Å²) in [5.74, 6) is -0.925. The average Bonchev–Trinajstić information content (AvgIpc) is 2.88. The van der Waals surface area contributed by atoms with E-state index in [1.54, 1.807) is 13.8 Å². The first-order chi connectivity index (χ1) is 11.0. The van der Waals surface area contributed by atoms with Crippen molar-refractivity contribution in [1.29, 1.82) is 0 Å². The molecule has 9 heteroatoms. The number of aryl methyl sites for hydroxylation is 1. The molecule has 0 saturated carbocycles. The van der Waals surface area contributed by atoms with Gasteiger partial charge in [0.2, 0.25) is 5.43 Å². The van der Waals surface area contributed by atoms with Crippen LogP contribution in [-0.4, -0.2) is 35.6 Å². The molecule has 0 spiro atoms. The van der Waals surface area contributed by atoms with E-state index in [4.69, 9.17) is 9.47 Å². The van der Waals surface area contributed by atoms with Gasteiger partial charge in [-0.2, -0.15) is 0 Å². The number of rotatable bonds is 5. The van der Waals surface area contributed by atoms with E-state index in [1.807, 2.05) is 0 Å². The smallest absolute Gasteiger partial charge is 0.350 e. The van der Waals surface area contributed by atoms with Gasteiger partial charge >= 0.3 is 5.97 Å². The summed E-state index contributed by atoms with van der Waals surface area (Å²) in [5.41, 5.74) is 0.104. The van der Waals surface area contributed by atoms with Crippen molar-refractivity contribution in [3.8, 4) is 5.75 Å². The quantitative estimate of drug-likeness (QED) is 0.802. The lowest BCUT2D eigenvalue weighted by Gasteiger charge is -2.03. The number of nitrogens with zero attached hydrogens (tertiary/aromatic N) is 1. The van der Waals surface area contributed by atoms with E-state index in [-0.39, 0.29) is 23.2 Å². The molecule has 0 aliphatic heterocycles. The number of hydrogen-bond acceptors (Lipinski definition) is 7. The monoisotopic (exact) mass is 337 g/mol. The van der Waals surface area contributed by atoms with Crippen LogP contribution in [0.2, 0.25) is 0 Å². The van der Waals surface area contributed by atoms with E-state index < -0.39 is 17.3 Å². The van der Waals surface area contributed by atoms with Gasteiger partial charge in [-0.1, -0.05) is 11.3 Å². The predicted molar refractivity (Wildman–Crippen MR) is 84.4 cm³/mol. The van der Waals surface area contributed by atoms with Crippen LogP contribution in [0.5, 0.6) is 5.75 Å². The molecule has 0 aliphatic rings. The number of anilines is 1. The Morgan fingerprint density at radius 1 is 1.43 bits per heavy atom. The minimum absolute atomic E-state index is 0.0568. The summed E-state index contributed by atoms with van der Waals surface area (Å²) < 4.78 is 9.74. The number of carbonyl (C=O) groups excluding carboxylic acids is 2. The number of hydrogen-bond donors (Lipinski definition) is 2. The Bertz CT molecular complexity index is 796. The van der Waals surface area contributed by atoms with Crippen LogP contribution in [0.25, 0.3) is 0 Å². The van der Waals surface area contributed by atoms with Gasteiger partial charge in [-0.15, -0.1) is 0 Å². The highest BCUT2D eigenvalue weighted by Gasteiger charge is 2.18. The zero-order chi connectivity index (χ0) is 17.0. The Morgan fingerprint density at radius 3 is 2.78 bits per heavy atom. The van der Waals surface area contributed by atoms with Gasteiger partial charge in [0.1, 0.15) is 10.6 Å². The molecule has 1 amide bonds.